The number of nitrogens with zero attached hydrogens (tertiary/aromatic N) is 1. The van der Waals surface area contributed by atoms with Crippen LogP contribution in [0.4, 0.5) is 17.6 Å². The van der Waals surface area contributed by atoms with Crippen LogP contribution in [0.1, 0.15) is 24.2 Å². The molecule has 112 valence electrons. The molecular formula is C14H11F4NOS. The summed E-state index contributed by atoms with van der Waals surface area (Å²) >= 11 is 0.919. The van der Waals surface area contributed by atoms with E-state index in [0.29, 0.717) is 11.8 Å². The number of hydrogen-bond acceptors (Lipinski definition) is 3. The first-order valence-electron chi connectivity index (χ1n) is 5.96. The molecule has 7 heteroatoms. The van der Waals surface area contributed by atoms with Crippen molar-refractivity contribution in [2.75, 3.05) is 0 Å². The molecule has 1 N–H and O–H groups in total. The van der Waals surface area contributed by atoms with Crippen molar-refractivity contribution in [2.45, 2.75) is 29.1 Å². The van der Waals surface area contributed by atoms with Crippen molar-refractivity contribution < 1.29 is 22.7 Å². The summed E-state index contributed by atoms with van der Waals surface area (Å²) in [5, 5.41) is 9.60. The smallest absolute Gasteiger partial charge is 0.389 e. The molecule has 0 radical (unpaired) electrons. The minimum absolute atomic E-state index is 0.228. The fraction of sp³-hybridized carbons (Fsp3) is 0.214. The second-order valence-corrected chi connectivity index (χ2v) is 5.41. The molecule has 21 heavy (non-hydrogen) atoms. The average Bonchev–Trinajstić information content (AvgIpc) is 2.40. The van der Waals surface area contributed by atoms with E-state index in [9.17, 15) is 22.7 Å². The number of hydrogen-bond donors (Lipinski definition) is 1. The number of aromatic nitrogens is 1. The molecule has 2 rings (SSSR count). The largest absolute Gasteiger partial charge is 0.417 e. The number of alkyl halides is 3. The molecule has 0 saturated heterocycles. The zero-order valence-electron chi connectivity index (χ0n) is 10.9. The van der Waals surface area contributed by atoms with Gasteiger partial charge in [-0.15, -0.1) is 0 Å². The van der Waals surface area contributed by atoms with Crippen LogP contribution in [0.3, 0.4) is 0 Å². The standard InChI is InChI=1S/C14H11F4NOS/c1-8(20)9-2-4-12(11(15)6-9)21-13-5-3-10(7-19-13)14(16,17)18/h2-8,20H,1H3. The van der Waals surface area contributed by atoms with Crippen molar-refractivity contribution >= 4 is 11.8 Å². The van der Waals surface area contributed by atoms with Crippen LogP contribution in [-0.2, 0) is 6.18 Å². The highest BCUT2D eigenvalue weighted by atomic mass is 32.2. The first-order valence-corrected chi connectivity index (χ1v) is 6.77. The Balaban J connectivity index is 2.19. The van der Waals surface area contributed by atoms with Gasteiger partial charge in [0.1, 0.15) is 10.8 Å². The lowest BCUT2D eigenvalue weighted by atomic mass is 10.1. The summed E-state index contributed by atoms with van der Waals surface area (Å²) in [7, 11) is 0. The molecule has 1 aromatic carbocycles. The number of halogens is 4. The summed E-state index contributed by atoms with van der Waals surface area (Å²) in [5.41, 5.74) is -0.422. The molecule has 1 aromatic heterocycles. The van der Waals surface area contributed by atoms with E-state index in [1.807, 2.05) is 0 Å². The van der Waals surface area contributed by atoms with E-state index < -0.39 is 23.7 Å². The summed E-state index contributed by atoms with van der Waals surface area (Å²) in [6.45, 7) is 1.51. The number of rotatable bonds is 3. The number of aliphatic hydroxyl groups excluding tert-OH is 1. The molecule has 0 amide bonds. The Morgan fingerprint density at radius 3 is 2.38 bits per heavy atom. The summed E-state index contributed by atoms with van der Waals surface area (Å²) in [6, 6.07) is 6.30. The van der Waals surface area contributed by atoms with E-state index in [0.717, 1.165) is 17.8 Å². The first kappa shape index (κ1) is 15.8. The third-order valence-electron chi connectivity index (χ3n) is 2.72. The van der Waals surface area contributed by atoms with E-state index in [-0.39, 0.29) is 9.92 Å². The minimum Gasteiger partial charge on any atom is -0.389 e. The molecule has 0 bridgehead atoms. The summed E-state index contributed by atoms with van der Waals surface area (Å²) in [6.07, 6.45) is -4.52. The Morgan fingerprint density at radius 1 is 1.19 bits per heavy atom. The van der Waals surface area contributed by atoms with Gasteiger partial charge in [-0.25, -0.2) is 9.37 Å². The van der Waals surface area contributed by atoms with Crippen LogP contribution in [0.5, 0.6) is 0 Å². The predicted molar refractivity (Wildman–Crippen MR) is 70.4 cm³/mol. The van der Waals surface area contributed by atoms with E-state index >= 15 is 0 Å². The van der Waals surface area contributed by atoms with Crippen molar-refractivity contribution in [3.05, 3.63) is 53.5 Å². The maximum atomic E-state index is 13.8. The van der Waals surface area contributed by atoms with Gasteiger partial charge in [0.2, 0.25) is 0 Å². The van der Waals surface area contributed by atoms with Gasteiger partial charge in [-0.3, -0.25) is 0 Å². The molecule has 0 spiro atoms. The zero-order chi connectivity index (χ0) is 15.6. The van der Waals surface area contributed by atoms with Crippen LogP contribution in [0.25, 0.3) is 0 Å². The van der Waals surface area contributed by atoms with Gasteiger partial charge in [0, 0.05) is 11.1 Å². The lowest BCUT2D eigenvalue weighted by molar-refractivity contribution is -0.137. The van der Waals surface area contributed by atoms with Crippen LogP contribution in [0.15, 0.2) is 46.5 Å². The van der Waals surface area contributed by atoms with Crippen molar-refractivity contribution in [3.63, 3.8) is 0 Å². The Bertz CT molecular complexity index is 626. The van der Waals surface area contributed by atoms with Crippen LogP contribution in [-0.4, -0.2) is 10.1 Å². The lowest BCUT2D eigenvalue weighted by Crippen LogP contribution is -2.05. The molecular weight excluding hydrogens is 306 g/mol. The fourth-order valence-corrected chi connectivity index (χ4v) is 2.34. The first-order chi connectivity index (χ1) is 9.77. The molecule has 0 aliphatic heterocycles. The third-order valence-corrected chi connectivity index (χ3v) is 3.72. The summed E-state index contributed by atoms with van der Waals surface area (Å²) in [4.78, 5) is 3.89. The highest BCUT2D eigenvalue weighted by molar-refractivity contribution is 7.99. The Kier molecular flexibility index (Phi) is 4.53. The Morgan fingerprint density at radius 2 is 1.90 bits per heavy atom. The van der Waals surface area contributed by atoms with Crippen molar-refractivity contribution in [3.8, 4) is 0 Å². The normalized spacial score (nSPS) is 13.2. The highest BCUT2D eigenvalue weighted by Crippen LogP contribution is 2.33. The Hall–Kier alpha value is -1.60. The molecule has 2 aromatic rings. The minimum atomic E-state index is -4.44. The monoisotopic (exact) mass is 317 g/mol. The quantitative estimate of drug-likeness (QED) is 0.849. The Labute approximate surface area is 122 Å². The van der Waals surface area contributed by atoms with Crippen LogP contribution in [0, 0.1) is 5.82 Å². The SMILES string of the molecule is CC(O)c1ccc(Sc2ccc(C(F)(F)F)cn2)c(F)c1. The molecule has 0 saturated carbocycles. The topological polar surface area (TPSA) is 33.1 Å². The van der Waals surface area contributed by atoms with Crippen molar-refractivity contribution in [1.29, 1.82) is 0 Å². The molecule has 1 heterocycles. The molecule has 0 aliphatic carbocycles. The molecule has 1 atom stereocenters. The maximum absolute atomic E-state index is 13.8. The number of pyridine rings is 1. The van der Waals surface area contributed by atoms with Crippen LogP contribution < -0.4 is 0 Å². The lowest BCUT2D eigenvalue weighted by Gasteiger charge is -2.09. The van der Waals surface area contributed by atoms with E-state index in [1.165, 1.54) is 25.1 Å². The number of aliphatic hydroxyl groups is 1. The number of benzene rings is 1. The second kappa shape index (κ2) is 6.03. The van der Waals surface area contributed by atoms with Gasteiger partial charge < -0.3 is 5.11 Å². The third kappa shape index (κ3) is 3.95. The zero-order valence-corrected chi connectivity index (χ0v) is 11.7. The molecule has 1 unspecified atom stereocenters. The van der Waals surface area contributed by atoms with Gasteiger partial charge in [0.15, 0.2) is 0 Å². The molecule has 0 aliphatic rings. The van der Waals surface area contributed by atoms with Gasteiger partial charge in [-0.1, -0.05) is 17.8 Å². The van der Waals surface area contributed by atoms with E-state index in [1.54, 1.807) is 6.07 Å². The van der Waals surface area contributed by atoms with Gasteiger partial charge in [-0.05, 0) is 36.8 Å². The summed E-state index contributed by atoms with van der Waals surface area (Å²) < 4.78 is 51.0. The van der Waals surface area contributed by atoms with Gasteiger partial charge in [0.25, 0.3) is 0 Å². The summed E-state index contributed by atoms with van der Waals surface area (Å²) in [5.74, 6) is -0.555. The molecule has 0 fully saturated rings. The van der Waals surface area contributed by atoms with Gasteiger partial charge in [-0.2, -0.15) is 13.2 Å². The fourth-order valence-electron chi connectivity index (χ4n) is 1.58. The average molecular weight is 317 g/mol. The van der Waals surface area contributed by atoms with E-state index in [2.05, 4.69) is 4.98 Å². The molecule has 2 nitrogen and oxygen atoms in total. The second-order valence-electron chi connectivity index (χ2n) is 4.35. The van der Waals surface area contributed by atoms with Crippen molar-refractivity contribution in [1.82, 2.24) is 4.98 Å². The predicted octanol–water partition coefficient (Wildman–Crippen LogP) is 4.44. The van der Waals surface area contributed by atoms with Crippen LogP contribution >= 0.6 is 11.8 Å². The van der Waals surface area contributed by atoms with Gasteiger partial charge >= 0.3 is 6.18 Å². The highest BCUT2D eigenvalue weighted by Gasteiger charge is 2.30. The maximum Gasteiger partial charge on any atom is 0.417 e. The van der Waals surface area contributed by atoms with Crippen LogP contribution in [0.2, 0.25) is 0 Å². The van der Waals surface area contributed by atoms with E-state index in [4.69, 9.17) is 0 Å². The van der Waals surface area contributed by atoms with Gasteiger partial charge in [0.05, 0.1) is 11.7 Å². The van der Waals surface area contributed by atoms with Crippen molar-refractivity contribution in [2.24, 2.45) is 0 Å².